The molecule has 21 heterocycles. The van der Waals surface area contributed by atoms with Crippen LogP contribution in [0.1, 0.15) is 0 Å². The molecule has 568 valence electrons. The van der Waals surface area contributed by atoms with Crippen LogP contribution in [0, 0.1) is 0 Å². The zero-order chi connectivity index (χ0) is 70.2. The molecule has 0 unspecified atom stereocenters. The lowest BCUT2D eigenvalue weighted by molar-refractivity contribution is -0.402. The molecule has 0 aromatic carbocycles. The number of aliphatic hydroxyl groups excluding tert-OH is 1. The first-order valence-electron chi connectivity index (χ1n) is 32.3. The van der Waals surface area contributed by atoms with Gasteiger partial charge >= 0.3 is 0 Å². The summed E-state index contributed by atoms with van der Waals surface area (Å²) >= 11 is 0. The molecule has 0 aliphatic carbocycles. The summed E-state index contributed by atoms with van der Waals surface area (Å²) in [6, 6.07) is 0. The van der Waals surface area contributed by atoms with E-state index in [1.807, 2.05) is 0 Å². The minimum atomic E-state index is -1.30. The summed E-state index contributed by atoms with van der Waals surface area (Å²) in [4.78, 5) is 0. The Bertz CT molecular complexity index is 2170. The third-order valence-electron chi connectivity index (χ3n) is 19.2. The maximum atomic E-state index is 11.3. The highest BCUT2D eigenvalue weighted by Gasteiger charge is 2.62. The van der Waals surface area contributed by atoms with E-state index in [2.05, 4.69) is 0 Å². The van der Waals surface area contributed by atoms with Crippen LogP contribution in [0.4, 0.5) is 0 Å². The van der Waals surface area contributed by atoms with Gasteiger partial charge in [-0.15, -0.1) is 0 Å². The summed E-state index contributed by atoms with van der Waals surface area (Å²) in [5.41, 5.74) is 0. The smallest absolute Gasteiger partial charge is 0.187 e. The van der Waals surface area contributed by atoms with E-state index in [-0.39, 0.29) is 39.6 Å². The molecule has 21 aliphatic heterocycles. The van der Waals surface area contributed by atoms with Crippen molar-refractivity contribution in [1.29, 1.82) is 0 Å². The Morgan fingerprint density at radius 1 is 0.175 bits per heavy atom. The fraction of sp³-hybridized carbons (Fsp3) is 1.00. The van der Waals surface area contributed by atoms with Gasteiger partial charge in [-0.05, 0) is 0 Å². The Morgan fingerprint density at radius 3 is 0.412 bits per heavy atom. The maximum Gasteiger partial charge on any atom is 0.187 e. The maximum absolute atomic E-state index is 11.3. The van der Waals surface area contributed by atoms with E-state index in [1.165, 1.54) is 142 Å². The summed E-state index contributed by atoms with van der Waals surface area (Å²) in [5, 5.41) is 11.3. The molecule has 21 saturated heterocycles. The molecule has 0 aromatic heterocycles. The number of ether oxygens (including phenoxy) is 34. The second kappa shape index (κ2) is 39.6. The van der Waals surface area contributed by atoms with Gasteiger partial charge in [0, 0.05) is 142 Å². The Hall–Kier alpha value is -1.40. The van der Waals surface area contributed by atoms with Crippen molar-refractivity contribution in [2.75, 3.05) is 188 Å². The number of methoxy groups -OCH3 is 20. The molecule has 97 heavy (non-hydrogen) atoms. The molecule has 35 atom stereocenters. The lowest BCUT2D eigenvalue weighted by atomic mass is 9.94. The zero-order valence-electron chi connectivity index (χ0n) is 59.5. The first kappa shape index (κ1) is 81.3. The normalized spacial score (nSPS) is 46.4. The highest BCUT2D eigenvalue weighted by Crippen LogP contribution is 2.43. The van der Waals surface area contributed by atoms with Gasteiger partial charge in [-0.2, -0.15) is 0 Å². The van der Waals surface area contributed by atoms with Crippen LogP contribution in [0.25, 0.3) is 0 Å². The van der Waals surface area contributed by atoms with Crippen molar-refractivity contribution in [3.63, 3.8) is 0 Å². The zero-order valence-corrected chi connectivity index (χ0v) is 59.5. The molecule has 21 rings (SSSR count). The first-order valence-corrected chi connectivity index (χ1v) is 32.3. The van der Waals surface area contributed by atoms with Crippen LogP contribution < -0.4 is 0 Å². The monoisotopic (exact) mass is 1410 g/mol. The minimum Gasteiger partial charge on any atom is -0.394 e. The van der Waals surface area contributed by atoms with Gasteiger partial charge in [0.05, 0.1) is 46.2 Å². The highest BCUT2D eigenvalue weighted by molar-refractivity contribution is 5.04. The lowest BCUT2D eigenvalue weighted by Crippen LogP contribution is -2.69. The van der Waals surface area contributed by atoms with Crippen molar-refractivity contribution in [2.24, 2.45) is 0 Å². The van der Waals surface area contributed by atoms with E-state index >= 15 is 0 Å². The van der Waals surface area contributed by atoms with Gasteiger partial charge in [0.25, 0.3) is 0 Å². The van der Waals surface area contributed by atoms with Gasteiger partial charge in [-0.1, -0.05) is 0 Å². The summed E-state index contributed by atoms with van der Waals surface area (Å²) in [7, 11) is 29.9. The molecular weight excluding hydrogens is 1300 g/mol. The predicted molar refractivity (Wildman–Crippen MR) is 324 cm³/mol. The van der Waals surface area contributed by atoms with Crippen molar-refractivity contribution in [3.8, 4) is 0 Å². The molecule has 14 bridgehead atoms. The van der Waals surface area contributed by atoms with Crippen LogP contribution in [-0.2, 0) is 161 Å². The van der Waals surface area contributed by atoms with E-state index in [1.54, 1.807) is 0 Å². The predicted octanol–water partition coefficient (Wildman–Crippen LogP) is -2.15. The molecule has 21 aliphatic rings. The average molecular weight is 1420 g/mol. The fourth-order valence-electron chi connectivity index (χ4n) is 14.7. The molecule has 21 fully saturated rings. The van der Waals surface area contributed by atoms with E-state index in [0.29, 0.717) is 0 Å². The van der Waals surface area contributed by atoms with Crippen molar-refractivity contribution >= 4 is 0 Å². The molecule has 35 heteroatoms. The van der Waals surface area contributed by atoms with E-state index in [9.17, 15) is 5.11 Å². The van der Waals surface area contributed by atoms with Crippen LogP contribution in [-0.4, -0.2) is 408 Å². The molecule has 0 radical (unpaired) electrons. The number of hydrogen-bond acceptors (Lipinski definition) is 35. The van der Waals surface area contributed by atoms with Crippen LogP contribution in [0.15, 0.2) is 0 Å². The quantitative estimate of drug-likeness (QED) is 0.0916. The standard InChI is InChI=1S/C62H110O35/c1-64-22-29-36-43(71-8)51(79-16)58(86-29)94-38-31(24-66-3)88-60(53(81-18)45(38)73-10)96-40-33(26-68-5)90-62(55(83-20)47(40)75-12)97-41-34(27-69-6)89-61(54(82-19)48(41)76-13)95-39-32(25-67-4)87-59(52(80-17)46(39)74-11)93-37-30(23-65-2)85-57(50(78-15)44(37)72-9)91-35-28(21-63)84-56(92-36)49(77-14)42(35)70-7/h28-63H,21-27H2,1-20H3/t28-,29-,30-,31-,32-,33-,34-,35-,36-,37-,38-,39-,40-,41-,42+,43+,44+,45+,46+,47+,48+,49-,50-,51-,52-,53-,54-,55-,56-,57-,58-,59-,60-,61-,62-/m1/s1. The van der Waals surface area contributed by atoms with Gasteiger partial charge < -0.3 is 166 Å². The molecule has 35 nitrogen and oxygen atoms in total. The van der Waals surface area contributed by atoms with Gasteiger partial charge in [-0.25, -0.2) is 0 Å². The topological polar surface area (TPSA) is 334 Å². The van der Waals surface area contributed by atoms with Crippen LogP contribution in [0.2, 0.25) is 0 Å². The van der Waals surface area contributed by atoms with E-state index in [0.717, 1.165) is 0 Å². The highest BCUT2D eigenvalue weighted by atomic mass is 16.8. The third-order valence-corrected chi connectivity index (χ3v) is 19.2. The van der Waals surface area contributed by atoms with Crippen molar-refractivity contribution in [2.45, 2.75) is 215 Å². The summed E-state index contributed by atoms with van der Waals surface area (Å²) in [5.74, 6) is 0. The molecule has 0 amide bonds. The molecular formula is C62H110O35. The number of aliphatic hydroxyl groups is 1. The Labute approximate surface area is 568 Å². The SMILES string of the molecule is COC[C@H]1O[C@@H]2O[C@H]3[C@H](OC)[C@@H](OC)[C@@H](O[C@H]4[C@H](OC)[C@@H](OC)[C@@H](O[C@H]5[C@H](OC)[C@@H](OC)[C@@H](O[C@H]6[C@H](OC)[C@@H](OC)[C@@H](O[C@H]7[C@H](OC)[C@@H](OC)[C@@H](O[C@H]8[C@H](OC)[C@@H](OC)[C@@H](O[C@H]1[C@H](OC)[C@H]2OC)O[C@@H]8CO)O[C@@H]7COC)O[C@@H]6COC)O[C@@H]5COC)O[C@@H]4COC)O[C@@H]3COC. The average Bonchev–Trinajstić information content (AvgIpc) is 0.780. The van der Waals surface area contributed by atoms with Gasteiger partial charge in [0.2, 0.25) is 0 Å². The van der Waals surface area contributed by atoms with Crippen molar-refractivity contribution in [3.05, 3.63) is 0 Å². The second-order valence-corrected chi connectivity index (χ2v) is 24.2. The summed E-state index contributed by atoms with van der Waals surface area (Å²) in [6.07, 6.45) is -37.0. The number of rotatable bonds is 27. The van der Waals surface area contributed by atoms with Crippen molar-refractivity contribution in [1.82, 2.24) is 0 Å². The van der Waals surface area contributed by atoms with Gasteiger partial charge in [0.1, 0.15) is 171 Å². The molecule has 1 N–H and O–H groups in total. The summed E-state index contributed by atoms with van der Waals surface area (Å²) < 4.78 is 219. The van der Waals surface area contributed by atoms with Gasteiger partial charge in [0.15, 0.2) is 44.0 Å². The molecule has 0 aromatic rings. The Morgan fingerprint density at radius 2 is 0.299 bits per heavy atom. The minimum absolute atomic E-state index is 0.0438. The largest absolute Gasteiger partial charge is 0.394 e. The molecule has 0 saturated carbocycles. The van der Waals surface area contributed by atoms with Crippen LogP contribution >= 0.6 is 0 Å². The first-order chi connectivity index (χ1) is 47.2. The van der Waals surface area contributed by atoms with Crippen molar-refractivity contribution < 1.29 is 166 Å². The third kappa shape index (κ3) is 17.6. The second-order valence-electron chi connectivity index (χ2n) is 24.2. The van der Waals surface area contributed by atoms with Crippen LogP contribution in [0.3, 0.4) is 0 Å². The van der Waals surface area contributed by atoms with Gasteiger partial charge in [-0.3, -0.25) is 0 Å². The van der Waals surface area contributed by atoms with E-state index < -0.39 is 222 Å². The Balaban J connectivity index is 1.23. The fourth-order valence-corrected chi connectivity index (χ4v) is 14.7. The van der Waals surface area contributed by atoms with Crippen LogP contribution in [0.5, 0.6) is 0 Å². The summed E-state index contributed by atoms with van der Waals surface area (Å²) in [6.45, 7) is -0.920. The number of hydrogen-bond donors (Lipinski definition) is 1. The Kier molecular flexibility index (Phi) is 33.2. The van der Waals surface area contributed by atoms with E-state index in [4.69, 9.17) is 161 Å². The lowest BCUT2D eigenvalue weighted by Gasteiger charge is -2.52. The molecule has 0 spiro atoms.